The molecule has 2 saturated carbocycles. The fourth-order valence-corrected chi connectivity index (χ4v) is 4.36. The van der Waals surface area contributed by atoms with E-state index in [-0.39, 0.29) is 42.2 Å². The van der Waals surface area contributed by atoms with Crippen molar-refractivity contribution in [2.45, 2.75) is 65.1 Å². The molecule has 3 rings (SSSR count). The average Bonchev–Trinajstić information content (AvgIpc) is 2.79. The van der Waals surface area contributed by atoms with Crippen LogP contribution in [0.15, 0.2) is 0 Å². The summed E-state index contributed by atoms with van der Waals surface area (Å²) in [5.74, 6) is 3.34. The van der Waals surface area contributed by atoms with Crippen LogP contribution in [0.5, 0.6) is 0 Å². The zero-order valence-corrected chi connectivity index (χ0v) is 17.8. The summed E-state index contributed by atoms with van der Waals surface area (Å²) in [4.78, 5) is 0. The van der Waals surface area contributed by atoms with Crippen LogP contribution in [0.3, 0.4) is 0 Å². The Morgan fingerprint density at radius 2 is 1.55 bits per heavy atom. The van der Waals surface area contributed by atoms with Gasteiger partial charge in [0.15, 0.2) is 5.79 Å². The van der Waals surface area contributed by atoms with Crippen LogP contribution in [0.4, 0.5) is 0 Å². The van der Waals surface area contributed by atoms with Crippen LogP contribution in [0.1, 0.15) is 59.3 Å². The third-order valence-corrected chi connectivity index (χ3v) is 5.21. The normalized spacial score (nSPS) is 34.4. The van der Waals surface area contributed by atoms with Gasteiger partial charge in [-0.2, -0.15) is 0 Å². The van der Waals surface area contributed by atoms with E-state index in [1.807, 2.05) is 19.8 Å². The monoisotopic (exact) mass is 394 g/mol. The molecule has 20 heavy (non-hydrogen) atoms. The first kappa shape index (κ1) is 19.1. The van der Waals surface area contributed by atoms with E-state index in [0.29, 0.717) is 5.41 Å². The van der Waals surface area contributed by atoms with Crippen LogP contribution >= 0.6 is 0 Å². The Labute approximate surface area is 147 Å². The predicted octanol–water partition coefficient (Wildman–Crippen LogP) is 0.952. The van der Waals surface area contributed by atoms with E-state index in [1.165, 1.54) is 38.5 Å². The van der Waals surface area contributed by atoms with E-state index in [0.717, 1.165) is 25.0 Å². The van der Waals surface area contributed by atoms with Crippen molar-refractivity contribution in [3.8, 4) is 0 Å². The van der Waals surface area contributed by atoms with Gasteiger partial charge in [-0.25, -0.2) is 0 Å². The summed E-state index contributed by atoms with van der Waals surface area (Å²) in [6, 6.07) is 0. The molecule has 1 saturated heterocycles. The molecule has 1 heterocycles. The maximum Gasteiger partial charge on any atom is 0.162 e. The van der Waals surface area contributed by atoms with Crippen molar-refractivity contribution >= 4 is 0 Å². The number of halogens is 1. The number of rotatable bonds is 2. The second-order valence-corrected chi connectivity index (χ2v) is 7.31. The van der Waals surface area contributed by atoms with Crippen molar-refractivity contribution in [3.63, 3.8) is 0 Å². The number of fused-ring (bicyclic) bond motifs is 1. The van der Waals surface area contributed by atoms with Gasteiger partial charge in [0.2, 0.25) is 0 Å². The van der Waals surface area contributed by atoms with Gasteiger partial charge in [-0.05, 0) is 63.7 Å². The molecule has 0 aromatic heterocycles. The molecule has 4 heteroatoms. The first-order valence-corrected chi connectivity index (χ1v) is 7.63. The summed E-state index contributed by atoms with van der Waals surface area (Å²) < 4.78 is 11.8. The second-order valence-electron chi connectivity index (χ2n) is 7.31. The van der Waals surface area contributed by atoms with Crippen LogP contribution in [0.2, 0.25) is 0 Å². The molecule has 3 fully saturated rings. The Hall–Kier alpha value is 1.02. The van der Waals surface area contributed by atoms with Crippen LogP contribution in [-0.4, -0.2) is 19.0 Å². The predicted molar refractivity (Wildman–Crippen MR) is 72.0 cm³/mol. The number of hydrogen-bond acceptors (Lipinski definition) is 2. The maximum atomic E-state index is 5.91. The van der Waals surface area contributed by atoms with Crippen molar-refractivity contribution in [3.05, 3.63) is 5.92 Å². The summed E-state index contributed by atoms with van der Waals surface area (Å²) in [6.45, 7) is 8.19. The molecular weight excluding hydrogens is 369 g/mol. The zero-order chi connectivity index (χ0) is 12.8. The molecule has 3 aliphatic rings. The molecular formula is C16H27BrO2Zn-. The van der Waals surface area contributed by atoms with Gasteiger partial charge in [0.05, 0.1) is 13.2 Å². The van der Waals surface area contributed by atoms with Gasteiger partial charge in [0.25, 0.3) is 0 Å². The molecule has 113 valence electrons. The average molecular weight is 397 g/mol. The van der Waals surface area contributed by atoms with E-state index in [4.69, 9.17) is 9.47 Å². The first-order valence-electron chi connectivity index (χ1n) is 7.63. The van der Waals surface area contributed by atoms with E-state index in [1.54, 1.807) is 0 Å². The molecule has 2 nitrogen and oxygen atoms in total. The third-order valence-electron chi connectivity index (χ3n) is 5.21. The smallest absolute Gasteiger partial charge is 0.162 e. The minimum Gasteiger partial charge on any atom is -1.00 e. The summed E-state index contributed by atoms with van der Waals surface area (Å²) in [5, 5.41) is 0. The molecule has 1 aliphatic heterocycles. The summed E-state index contributed by atoms with van der Waals surface area (Å²) >= 11 is 0. The summed E-state index contributed by atoms with van der Waals surface area (Å²) in [5.41, 5.74) is 0.350. The SMILES string of the molecule is CCC[C]1C[C@H]2CC3(COC(C)(C)OC3)C[C@@H]2C1.[Br-].[Zn]. The van der Waals surface area contributed by atoms with Crippen molar-refractivity contribution in [1.29, 1.82) is 0 Å². The zero-order valence-electron chi connectivity index (χ0n) is 13.2. The molecule has 0 amide bonds. The number of ether oxygens (including phenoxy) is 2. The molecule has 2 atom stereocenters. The third kappa shape index (κ3) is 3.86. The first-order chi connectivity index (χ1) is 8.52. The van der Waals surface area contributed by atoms with Crippen LogP contribution in [-0.2, 0) is 29.0 Å². The van der Waals surface area contributed by atoms with Crippen LogP contribution < -0.4 is 17.0 Å². The van der Waals surface area contributed by atoms with Crippen LogP contribution in [0.25, 0.3) is 0 Å². The Kier molecular flexibility index (Phi) is 6.74. The van der Waals surface area contributed by atoms with Crippen molar-refractivity contribution in [1.82, 2.24) is 0 Å². The van der Waals surface area contributed by atoms with Gasteiger partial charge in [-0.1, -0.05) is 13.3 Å². The quantitative estimate of drug-likeness (QED) is 0.647. The Balaban J connectivity index is 0.000001000. The van der Waals surface area contributed by atoms with Crippen molar-refractivity contribution < 1.29 is 45.9 Å². The molecule has 2 aliphatic carbocycles. The molecule has 1 spiro atoms. The van der Waals surface area contributed by atoms with Crippen molar-refractivity contribution in [2.24, 2.45) is 17.3 Å². The Bertz CT molecular complexity index is 296. The summed E-state index contributed by atoms with van der Waals surface area (Å²) in [6.07, 6.45) is 8.13. The molecule has 0 aromatic carbocycles. The Morgan fingerprint density at radius 3 is 2.00 bits per heavy atom. The largest absolute Gasteiger partial charge is 1.00 e. The Morgan fingerprint density at radius 1 is 1.05 bits per heavy atom. The number of hydrogen-bond donors (Lipinski definition) is 0. The van der Waals surface area contributed by atoms with Gasteiger partial charge in [0, 0.05) is 24.9 Å². The minimum absolute atomic E-state index is 0. The molecule has 0 bridgehead atoms. The van der Waals surface area contributed by atoms with E-state index in [2.05, 4.69) is 6.92 Å². The van der Waals surface area contributed by atoms with E-state index >= 15 is 0 Å². The molecule has 1 radical (unpaired) electrons. The van der Waals surface area contributed by atoms with Gasteiger partial charge >= 0.3 is 0 Å². The fraction of sp³-hybridized carbons (Fsp3) is 0.938. The maximum absolute atomic E-state index is 5.91. The second kappa shape index (κ2) is 7.07. The summed E-state index contributed by atoms with van der Waals surface area (Å²) in [7, 11) is 0. The van der Waals surface area contributed by atoms with Gasteiger partial charge in [0.1, 0.15) is 0 Å². The van der Waals surface area contributed by atoms with Gasteiger partial charge in [-0.15, -0.1) is 0 Å². The van der Waals surface area contributed by atoms with Crippen molar-refractivity contribution in [2.75, 3.05) is 13.2 Å². The minimum atomic E-state index is -0.359. The van der Waals surface area contributed by atoms with Crippen LogP contribution in [0, 0.1) is 23.2 Å². The van der Waals surface area contributed by atoms with E-state index in [9.17, 15) is 0 Å². The topological polar surface area (TPSA) is 18.5 Å². The molecule has 0 unspecified atom stereocenters. The van der Waals surface area contributed by atoms with E-state index < -0.39 is 0 Å². The van der Waals surface area contributed by atoms with Gasteiger partial charge in [-0.3, -0.25) is 0 Å². The molecule has 0 aromatic rings. The standard InChI is InChI=1S/C16H27O2.BrH.Zn/c1-4-5-12-6-13-8-16(9-14(13)7-12)10-17-15(2,3)18-11-16;;/h13-14H,4-11H2,1-3H3;1H;/p-1/t13-,14-;;/m0../s1. The van der Waals surface area contributed by atoms with Gasteiger partial charge < -0.3 is 26.5 Å². The molecule has 0 N–H and O–H groups in total. The fourth-order valence-electron chi connectivity index (χ4n) is 4.36.